The van der Waals surface area contributed by atoms with E-state index in [0.717, 1.165) is 44.2 Å². The van der Waals surface area contributed by atoms with E-state index in [2.05, 4.69) is 25.9 Å². The number of ether oxygens (including phenoxy) is 1. The van der Waals surface area contributed by atoms with E-state index in [4.69, 9.17) is 4.74 Å². The van der Waals surface area contributed by atoms with Gasteiger partial charge in [-0.15, -0.1) is 5.10 Å². The van der Waals surface area contributed by atoms with E-state index in [1.807, 2.05) is 32.2 Å². The van der Waals surface area contributed by atoms with Crippen LogP contribution >= 0.6 is 0 Å². The van der Waals surface area contributed by atoms with Crippen molar-refractivity contribution in [2.45, 2.75) is 103 Å². The number of carbonyl (C=O) groups is 4. The molecule has 0 saturated carbocycles. The maximum absolute atomic E-state index is 14.2. The first kappa shape index (κ1) is 36.5. The van der Waals surface area contributed by atoms with E-state index >= 15 is 0 Å². The van der Waals surface area contributed by atoms with Crippen molar-refractivity contribution in [1.29, 1.82) is 0 Å². The molecular weight excluding hydrogens is 636 g/mol. The highest BCUT2D eigenvalue weighted by Crippen LogP contribution is 2.25. The van der Waals surface area contributed by atoms with Gasteiger partial charge in [-0.1, -0.05) is 56.5 Å². The first-order valence-corrected chi connectivity index (χ1v) is 17.9. The molecule has 2 aliphatic rings. The third kappa shape index (κ3) is 9.66. The third-order valence-electron chi connectivity index (χ3n) is 9.36. The number of amides is 4. The first-order chi connectivity index (χ1) is 24.2. The lowest BCUT2D eigenvalue weighted by Crippen LogP contribution is -2.57. The molecule has 13 heteroatoms. The summed E-state index contributed by atoms with van der Waals surface area (Å²) in [6, 6.07) is 8.22. The predicted molar refractivity (Wildman–Crippen MR) is 187 cm³/mol. The minimum Gasteiger partial charge on any atom is -0.486 e. The van der Waals surface area contributed by atoms with Crippen LogP contribution in [0.1, 0.15) is 86.8 Å². The number of aryl methyl sites for hydroxylation is 1. The van der Waals surface area contributed by atoms with Gasteiger partial charge in [0.2, 0.25) is 17.7 Å². The quantitative estimate of drug-likeness (QED) is 0.423. The van der Waals surface area contributed by atoms with Crippen molar-refractivity contribution in [2.75, 3.05) is 20.1 Å². The number of pyridine rings is 1. The van der Waals surface area contributed by atoms with E-state index in [1.165, 1.54) is 4.90 Å². The Bertz CT molecular complexity index is 1600. The van der Waals surface area contributed by atoms with Crippen LogP contribution in [0, 0.1) is 5.92 Å². The summed E-state index contributed by atoms with van der Waals surface area (Å²) < 4.78 is 7.84. The van der Waals surface area contributed by atoms with Crippen LogP contribution in [0.2, 0.25) is 0 Å². The van der Waals surface area contributed by atoms with Gasteiger partial charge in [0.05, 0.1) is 11.8 Å². The molecule has 50 heavy (non-hydrogen) atoms. The third-order valence-corrected chi connectivity index (χ3v) is 9.36. The predicted octanol–water partition coefficient (Wildman–Crippen LogP) is 3.54. The summed E-state index contributed by atoms with van der Waals surface area (Å²) in [7, 11) is 1.64. The number of para-hydroxylation sites is 1. The SMILES string of the molecule is CC(C)C[C@H]1NC(=O)c2ccccc2OCc2cn(nn2)CCCCCCCNC(=O)[C@H](Cc2cccnc2)N(C)C(=O)[C@H]2CCCN2C1=O. The number of hydrogen-bond acceptors (Lipinski definition) is 8. The van der Waals surface area contributed by atoms with Crippen molar-refractivity contribution >= 4 is 23.6 Å². The molecule has 2 aromatic heterocycles. The lowest BCUT2D eigenvalue weighted by atomic mass is 10.0. The summed E-state index contributed by atoms with van der Waals surface area (Å²) >= 11 is 0. The van der Waals surface area contributed by atoms with Gasteiger partial charge in [0.1, 0.15) is 36.2 Å². The molecular formula is C37H50N8O5. The van der Waals surface area contributed by atoms with Crippen LogP contribution in [0.5, 0.6) is 5.75 Å². The summed E-state index contributed by atoms with van der Waals surface area (Å²) in [5.74, 6) is -0.837. The average Bonchev–Trinajstić information content (AvgIpc) is 3.80. The number of hydrogen-bond donors (Lipinski definition) is 2. The number of rotatable bonds is 4. The molecule has 0 aliphatic carbocycles. The number of nitrogens with one attached hydrogen (secondary N) is 2. The lowest BCUT2D eigenvalue weighted by Gasteiger charge is -2.34. The monoisotopic (exact) mass is 686 g/mol. The summed E-state index contributed by atoms with van der Waals surface area (Å²) in [4.78, 5) is 63.1. The van der Waals surface area contributed by atoms with E-state index < -0.39 is 24.0 Å². The van der Waals surface area contributed by atoms with E-state index in [-0.39, 0.29) is 30.2 Å². The Morgan fingerprint density at radius 1 is 0.940 bits per heavy atom. The Morgan fingerprint density at radius 2 is 1.74 bits per heavy atom. The number of aromatic nitrogens is 4. The smallest absolute Gasteiger partial charge is 0.255 e. The van der Waals surface area contributed by atoms with Crippen molar-refractivity contribution in [3.8, 4) is 5.75 Å². The van der Waals surface area contributed by atoms with Crippen LogP contribution in [-0.2, 0) is 34.0 Å². The highest BCUT2D eigenvalue weighted by atomic mass is 16.5. The minimum atomic E-state index is -0.863. The fourth-order valence-electron chi connectivity index (χ4n) is 6.66. The molecule has 2 N–H and O–H groups in total. The summed E-state index contributed by atoms with van der Waals surface area (Å²) in [5.41, 5.74) is 1.77. The van der Waals surface area contributed by atoms with Crippen molar-refractivity contribution < 1.29 is 23.9 Å². The average molecular weight is 687 g/mol. The molecule has 1 saturated heterocycles. The Morgan fingerprint density at radius 3 is 2.54 bits per heavy atom. The van der Waals surface area contributed by atoms with Crippen molar-refractivity contribution in [2.24, 2.45) is 5.92 Å². The molecule has 1 aromatic carbocycles. The van der Waals surface area contributed by atoms with Crippen molar-refractivity contribution in [3.63, 3.8) is 0 Å². The Balaban J connectivity index is 1.40. The molecule has 5 rings (SSSR count). The molecule has 4 amide bonds. The number of fused-ring (bicyclic) bond motifs is 4. The van der Waals surface area contributed by atoms with Crippen LogP contribution in [0.15, 0.2) is 55.0 Å². The molecule has 268 valence electrons. The first-order valence-electron chi connectivity index (χ1n) is 17.9. The molecule has 2 aliphatic heterocycles. The zero-order valence-electron chi connectivity index (χ0n) is 29.4. The number of likely N-dealkylation sites (N-methyl/N-ethyl adjacent to an activating group) is 1. The van der Waals surface area contributed by atoms with Crippen LogP contribution in [-0.4, -0.2) is 91.7 Å². The van der Waals surface area contributed by atoms with Gasteiger partial charge < -0.3 is 25.2 Å². The van der Waals surface area contributed by atoms with Gasteiger partial charge in [-0.3, -0.25) is 28.8 Å². The lowest BCUT2D eigenvalue weighted by molar-refractivity contribution is -0.147. The molecule has 1 fully saturated rings. The second-order valence-electron chi connectivity index (χ2n) is 13.7. The Labute approximate surface area is 294 Å². The summed E-state index contributed by atoms with van der Waals surface area (Å²) in [6.45, 7) is 5.72. The van der Waals surface area contributed by atoms with E-state index in [9.17, 15) is 19.2 Å². The normalized spacial score (nSPS) is 22.1. The summed E-state index contributed by atoms with van der Waals surface area (Å²) in [5, 5.41) is 14.5. The molecule has 2 bridgehead atoms. The molecule has 3 aromatic rings. The molecule has 4 heterocycles. The molecule has 0 radical (unpaired) electrons. The van der Waals surface area contributed by atoms with Gasteiger partial charge in [-0.05, 0) is 61.8 Å². The molecule has 3 atom stereocenters. The zero-order valence-corrected chi connectivity index (χ0v) is 29.4. The van der Waals surface area contributed by atoms with Crippen molar-refractivity contribution in [3.05, 3.63) is 71.8 Å². The highest BCUT2D eigenvalue weighted by Gasteiger charge is 2.41. The van der Waals surface area contributed by atoms with Gasteiger partial charge in [-0.2, -0.15) is 0 Å². The number of nitrogens with zero attached hydrogens (tertiary/aromatic N) is 6. The van der Waals surface area contributed by atoms with Gasteiger partial charge in [-0.25, -0.2) is 0 Å². The second-order valence-corrected chi connectivity index (χ2v) is 13.7. The van der Waals surface area contributed by atoms with Gasteiger partial charge in [0.25, 0.3) is 5.91 Å². The molecule has 0 spiro atoms. The molecule has 13 nitrogen and oxygen atoms in total. The van der Waals surface area contributed by atoms with E-state index in [1.54, 1.807) is 53.3 Å². The largest absolute Gasteiger partial charge is 0.486 e. The van der Waals surface area contributed by atoms with Crippen LogP contribution < -0.4 is 15.4 Å². The van der Waals surface area contributed by atoms with Crippen LogP contribution in [0.25, 0.3) is 0 Å². The maximum atomic E-state index is 14.2. The second kappa shape index (κ2) is 17.7. The fraction of sp³-hybridized carbons (Fsp3) is 0.541. The zero-order chi connectivity index (χ0) is 35.5. The minimum absolute atomic E-state index is 0.0846. The number of benzene rings is 1. The Kier molecular flexibility index (Phi) is 12.9. The van der Waals surface area contributed by atoms with Gasteiger partial charge in [0, 0.05) is 45.5 Å². The maximum Gasteiger partial charge on any atom is 0.255 e. The standard InChI is InChI=1S/C37H50N8O5/c1-26(2)21-30-36(48)45-20-12-15-31(45)37(49)43(3)32(22-27-13-11-17-38-23-27)35(47)39-18-9-5-4-6-10-19-44-24-28(41-42-44)25-50-33-16-8-7-14-29(33)34(46)40-30/h7-8,11,13-14,16-17,23-24,26,30-32H,4-6,9-10,12,15,18-22,25H2,1-3H3,(H,39,47)(H,40,46)/t30-,31-,32+/m1/s1. The number of carbonyl (C=O) groups excluding carboxylic acids is 4. The van der Waals surface area contributed by atoms with Crippen molar-refractivity contribution in [1.82, 2.24) is 40.4 Å². The topological polar surface area (TPSA) is 152 Å². The molecule has 0 unspecified atom stereocenters. The van der Waals surface area contributed by atoms with E-state index in [0.29, 0.717) is 55.8 Å². The van der Waals surface area contributed by atoms with Gasteiger partial charge >= 0.3 is 0 Å². The van der Waals surface area contributed by atoms with Gasteiger partial charge in [0.15, 0.2) is 0 Å². The fourth-order valence-corrected chi connectivity index (χ4v) is 6.66. The highest BCUT2D eigenvalue weighted by molar-refractivity contribution is 6.00. The Hall–Kier alpha value is -4.81. The van der Waals surface area contributed by atoms with Crippen LogP contribution in [0.3, 0.4) is 0 Å². The van der Waals surface area contributed by atoms with Crippen LogP contribution in [0.4, 0.5) is 0 Å². The summed E-state index contributed by atoms with van der Waals surface area (Å²) in [6.07, 6.45) is 11.8.